The van der Waals surface area contributed by atoms with Crippen molar-refractivity contribution in [2.24, 2.45) is 17.8 Å². The minimum Gasteiger partial charge on any atom is -0.342 e. The lowest BCUT2D eigenvalue weighted by Gasteiger charge is -2.39. The van der Waals surface area contributed by atoms with E-state index >= 15 is 0 Å². The van der Waals surface area contributed by atoms with E-state index in [4.69, 9.17) is 0 Å². The molecule has 3 rings (SSSR count). The van der Waals surface area contributed by atoms with Crippen LogP contribution in [0.25, 0.3) is 0 Å². The second-order valence-corrected chi connectivity index (χ2v) is 8.18. The Labute approximate surface area is 142 Å². The van der Waals surface area contributed by atoms with Gasteiger partial charge in [0, 0.05) is 32.1 Å². The zero-order valence-electron chi connectivity index (χ0n) is 14.0. The van der Waals surface area contributed by atoms with E-state index in [1.165, 1.54) is 17.8 Å². The number of hydrogen-bond acceptors (Lipinski definition) is 3. The molecule has 0 spiro atoms. The maximum Gasteiger partial charge on any atom is 0.263 e. The van der Waals surface area contributed by atoms with Crippen LogP contribution < -0.4 is 0 Å². The van der Waals surface area contributed by atoms with E-state index in [1.807, 2.05) is 22.4 Å². The van der Waals surface area contributed by atoms with Gasteiger partial charge in [-0.05, 0) is 42.5 Å². The third kappa shape index (κ3) is 3.77. The van der Waals surface area contributed by atoms with E-state index < -0.39 is 0 Å². The maximum atomic E-state index is 12.8. The van der Waals surface area contributed by atoms with Crippen LogP contribution in [0.15, 0.2) is 17.5 Å². The summed E-state index contributed by atoms with van der Waals surface area (Å²) in [6.45, 7) is 7.67. The van der Waals surface area contributed by atoms with Crippen LogP contribution >= 0.6 is 11.3 Å². The Balaban J connectivity index is 1.54. The minimum absolute atomic E-state index is 0.0971. The summed E-state index contributed by atoms with van der Waals surface area (Å²) in [5.74, 6) is 1.73. The Hall–Kier alpha value is -1.36. The van der Waals surface area contributed by atoms with Gasteiger partial charge in [-0.25, -0.2) is 0 Å². The number of carbonyl (C=O) groups excluding carboxylic acids is 2. The summed E-state index contributed by atoms with van der Waals surface area (Å²) >= 11 is 1.49. The molecule has 2 saturated heterocycles. The van der Waals surface area contributed by atoms with E-state index in [1.54, 1.807) is 0 Å². The highest BCUT2D eigenvalue weighted by Gasteiger charge is 2.33. The summed E-state index contributed by atoms with van der Waals surface area (Å²) in [7, 11) is 0. The molecule has 0 aliphatic carbocycles. The predicted octanol–water partition coefficient (Wildman–Crippen LogP) is 3.10. The monoisotopic (exact) mass is 334 g/mol. The molecule has 0 radical (unpaired) electrons. The fraction of sp³-hybridized carbons (Fsp3) is 0.667. The molecule has 2 fully saturated rings. The highest BCUT2D eigenvalue weighted by molar-refractivity contribution is 7.12. The Morgan fingerprint density at radius 1 is 1.09 bits per heavy atom. The Bertz CT molecular complexity index is 539. The molecule has 5 heteroatoms. The standard InChI is InChI=1S/C18H26N2O2S/c1-13-10-14(2)12-20(11-13)17(21)15-5-7-19(8-6-15)18(22)16-4-3-9-23-16/h3-4,9,13-15H,5-8,10-12H2,1-2H3/t13-,14+. The zero-order chi connectivity index (χ0) is 16.4. The minimum atomic E-state index is 0.0971. The van der Waals surface area contributed by atoms with Gasteiger partial charge in [0.05, 0.1) is 4.88 Å². The van der Waals surface area contributed by atoms with E-state index in [9.17, 15) is 9.59 Å². The molecule has 2 amide bonds. The molecule has 2 atom stereocenters. The third-order valence-corrected chi connectivity index (χ3v) is 5.90. The van der Waals surface area contributed by atoms with Crippen LogP contribution in [-0.2, 0) is 4.79 Å². The second-order valence-electron chi connectivity index (χ2n) is 7.23. The van der Waals surface area contributed by atoms with E-state index in [2.05, 4.69) is 18.7 Å². The van der Waals surface area contributed by atoms with Crippen molar-refractivity contribution in [2.45, 2.75) is 33.1 Å². The van der Waals surface area contributed by atoms with Gasteiger partial charge in [0.1, 0.15) is 0 Å². The molecule has 0 aromatic carbocycles. The number of piperidine rings is 2. The average molecular weight is 334 g/mol. The van der Waals surface area contributed by atoms with Crippen molar-refractivity contribution in [1.29, 1.82) is 0 Å². The first-order chi connectivity index (χ1) is 11.0. The number of thiophene rings is 1. The van der Waals surface area contributed by atoms with Crippen LogP contribution in [0.5, 0.6) is 0 Å². The molecule has 0 unspecified atom stereocenters. The summed E-state index contributed by atoms with van der Waals surface area (Å²) in [6.07, 6.45) is 2.82. The van der Waals surface area contributed by atoms with Gasteiger partial charge in [-0.15, -0.1) is 11.3 Å². The molecular weight excluding hydrogens is 308 g/mol. The molecule has 4 nitrogen and oxygen atoms in total. The van der Waals surface area contributed by atoms with Crippen LogP contribution in [0.2, 0.25) is 0 Å². The molecule has 2 aliphatic heterocycles. The van der Waals surface area contributed by atoms with Crippen molar-refractivity contribution in [2.75, 3.05) is 26.2 Å². The van der Waals surface area contributed by atoms with Gasteiger partial charge >= 0.3 is 0 Å². The van der Waals surface area contributed by atoms with Gasteiger partial charge in [-0.1, -0.05) is 19.9 Å². The van der Waals surface area contributed by atoms with Crippen molar-refractivity contribution in [3.8, 4) is 0 Å². The lowest BCUT2D eigenvalue weighted by atomic mass is 9.89. The van der Waals surface area contributed by atoms with Crippen molar-refractivity contribution in [3.05, 3.63) is 22.4 Å². The van der Waals surface area contributed by atoms with Crippen molar-refractivity contribution in [3.63, 3.8) is 0 Å². The van der Waals surface area contributed by atoms with E-state index in [0.29, 0.717) is 30.8 Å². The topological polar surface area (TPSA) is 40.6 Å². The van der Waals surface area contributed by atoms with E-state index in [0.717, 1.165) is 30.8 Å². The fourth-order valence-corrected chi connectivity index (χ4v) is 4.68. The SMILES string of the molecule is C[C@@H]1C[C@H](C)CN(C(=O)C2CCN(C(=O)c3cccs3)CC2)C1. The number of nitrogens with zero attached hydrogens (tertiary/aromatic N) is 2. The summed E-state index contributed by atoms with van der Waals surface area (Å²) in [5.41, 5.74) is 0. The van der Waals surface area contributed by atoms with Crippen molar-refractivity contribution in [1.82, 2.24) is 9.80 Å². The summed E-state index contributed by atoms with van der Waals surface area (Å²) < 4.78 is 0. The summed E-state index contributed by atoms with van der Waals surface area (Å²) in [6, 6.07) is 3.79. The molecule has 3 heterocycles. The van der Waals surface area contributed by atoms with Gasteiger partial charge < -0.3 is 9.80 Å². The summed E-state index contributed by atoms with van der Waals surface area (Å²) in [4.78, 5) is 29.9. The first-order valence-corrected chi connectivity index (χ1v) is 9.54. The van der Waals surface area contributed by atoms with Gasteiger partial charge in [-0.2, -0.15) is 0 Å². The Kier molecular flexibility index (Phi) is 5.05. The highest BCUT2D eigenvalue weighted by atomic mass is 32.1. The van der Waals surface area contributed by atoms with Crippen LogP contribution in [-0.4, -0.2) is 47.8 Å². The number of hydrogen-bond donors (Lipinski definition) is 0. The molecule has 0 saturated carbocycles. The Morgan fingerprint density at radius 2 is 1.74 bits per heavy atom. The molecule has 2 aliphatic rings. The number of rotatable bonds is 2. The molecule has 1 aromatic rings. The van der Waals surface area contributed by atoms with Gasteiger partial charge in [-0.3, -0.25) is 9.59 Å². The first kappa shape index (κ1) is 16.5. The van der Waals surface area contributed by atoms with Crippen LogP contribution in [0.1, 0.15) is 42.8 Å². The van der Waals surface area contributed by atoms with Gasteiger partial charge in [0.25, 0.3) is 5.91 Å². The second kappa shape index (κ2) is 7.04. The molecule has 1 aromatic heterocycles. The quantitative estimate of drug-likeness (QED) is 0.834. The van der Waals surface area contributed by atoms with Gasteiger partial charge in [0.15, 0.2) is 0 Å². The highest BCUT2D eigenvalue weighted by Crippen LogP contribution is 2.26. The average Bonchev–Trinajstić information content (AvgIpc) is 3.07. The normalized spacial score (nSPS) is 26.3. The predicted molar refractivity (Wildman–Crippen MR) is 92.5 cm³/mol. The molecule has 0 N–H and O–H groups in total. The van der Waals surface area contributed by atoms with Crippen LogP contribution in [0, 0.1) is 17.8 Å². The third-order valence-electron chi connectivity index (χ3n) is 5.04. The smallest absolute Gasteiger partial charge is 0.263 e. The number of carbonyl (C=O) groups is 2. The van der Waals surface area contributed by atoms with Crippen LogP contribution in [0.4, 0.5) is 0 Å². The molecular formula is C18H26N2O2S. The number of amides is 2. The lowest BCUT2D eigenvalue weighted by molar-refractivity contribution is -0.139. The number of likely N-dealkylation sites (tertiary alicyclic amines) is 2. The van der Waals surface area contributed by atoms with Gasteiger partial charge in [0.2, 0.25) is 5.91 Å². The fourth-order valence-electron chi connectivity index (χ4n) is 3.99. The molecule has 126 valence electrons. The van der Waals surface area contributed by atoms with Crippen molar-refractivity contribution < 1.29 is 9.59 Å². The largest absolute Gasteiger partial charge is 0.342 e. The molecule has 23 heavy (non-hydrogen) atoms. The molecule has 0 bridgehead atoms. The Morgan fingerprint density at radius 3 is 2.30 bits per heavy atom. The van der Waals surface area contributed by atoms with Crippen molar-refractivity contribution >= 4 is 23.2 Å². The maximum absolute atomic E-state index is 12.8. The first-order valence-electron chi connectivity index (χ1n) is 8.66. The summed E-state index contributed by atoms with van der Waals surface area (Å²) in [5, 5.41) is 1.93. The van der Waals surface area contributed by atoms with E-state index in [-0.39, 0.29) is 11.8 Å². The zero-order valence-corrected chi connectivity index (χ0v) is 14.8. The lowest BCUT2D eigenvalue weighted by Crippen LogP contribution is -2.48. The van der Waals surface area contributed by atoms with Crippen LogP contribution in [0.3, 0.4) is 0 Å².